The highest BCUT2D eigenvalue weighted by Crippen LogP contribution is 2.43. The van der Waals surface area contributed by atoms with Crippen molar-refractivity contribution in [2.75, 3.05) is 40.9 Å². The Morgan fingerprint density at radius 3 is 1.16 bits per heavy atom. The van der Waals surface area contributed by atoms with E-state index in [0.717, 1.165) is 70.6 Å². The molecule has 0 aliphatic carbocycles. The van der Waals surface area contributed by atoms with E-state index in [1.165, 1.54) is 218 Å². The Kier molecular flexibility index (Phi) is 53.7. The smallest absolute Gasteiger partial charge is 0.456 e. The minimum absolute atomic E-state index is 0.0410. The van der Waals surface area contributed by atoms with Gasteiger partial charge in [0.25, 0.3) is 0 Å². The molecule has 3 unspecified atom stereocenters. The largest absolute Gasteiger partial charge is 0.472 e. The molecule has 0 radical (unpaired) electrons. The molecule has 3 atom stereocenters. The molecule has 438 valence electrons. The normalized spacial score (nSPS) is 13.8. The summed E-state index contributed by atoms with van der Waals surface area (Å²) in [7, 11) is 1.50. The molecule has 0 bridgehead atoms. The van der Waals surface area contributed by atoms with Crippen LogP contribution < -0.4 is 5.32 Å². The van der Waals surface area contributed by atoms with E-state index in [9.17, 15) is 19.0 Å². The number of unbranched alkanes of at least 4 members (excludes halogenated alkanes) is 41. The molecule has 0 aromatic carbocycles. The zero-order chi connectivity index (χ0) is 54.3. The summed E-state index contributed by atoms with van der Waals surface area (Å²) < 4.78 is 30.7. The van der Waals surface area contributed by atoms with Gasteiger partial charge in [0.2, 0.25) is 5.91 Å². The number of amides is 1. The minimum Gasteiger partial charge on any atom is -0.456 e. The zero-order valence-corrected chi connectivity index (χ0v) is 51.0. The third-order valence-corrected chi connectivity index (χ3v) is 15.6. The summed E-state index contributed by atoms with van der Waals surface area (Å²) in [6.07, 6.45) is 64.7. The molecule has 0 aliphatic heterocycles. The molecule has 0 rings (SSSR count). The molecule has 2 N–H and O–H groups in total. The standard InChI is InChI=1S/C64H125N2O7P/c1-7-10-13-16-19-22-25-28-29-30-31-32-33-34-35-36-37-39-42-45-48-51-54-57-64(68)73-62(55-52-49-46-43-40-27-24-21-18-15-12-9-3)61(60-72-74(69,70)71-59-58-66(4,5)6)65-63(67)56-53-50-47-44-41-38-26-23-20-17-14-11-8-2/h38,41,52,55,61-62H,7-37,39-40,42-51,53-54,56-60H2,1-6H3,(H-,65,67,69,70)/p+1/b41-38-,55-52-. The molecule has 10 heteroatoms. The van der Waals surface area contributed by atoms with Crippen molar-refractivity contribution < 1.29 is 37.3 Å². The summed E-state index contributed by atoms with van der Waals surface area (Å²) in [4.78, 5) is 37.7. The van der Waals surface area contributed by atoms with Gasteiger partial charge < -0.3 is 19.4 Å². The van der Waals surface area contributed by atoms with Crippen molar-refractivity contribution in [3.63, 3.8) is 0 Å². The maximum Gasteiger partial charge on any atom is 0.472 e. The van der Waals surface area contributed by atoms with E-state index in [1.54, 1.807) is 0 Å². The van der Waals surface area contributed by atoms with Gasteiger partial charge in [-0.2, -0.15) is 0 Å². The number of nitrogens with zero attached hydrogens (tertiary/aromatic N) is 1. The maximum absolute atomic E-state index is 13.5. The number of ether oxygens (including phenoxy) is 1. The van der Waals surface area contributed by atoms with Crippen LogP contribution in [-0.4, -0.2) is 74.3 Å². The fraction of sp³-hybridized carbons (Fsp3) is 0.906. The van der Waals surface area contributed by atoms with Crippen LogP contribution in [0, 0.1) is 0 Å². The van der Waals surface area contributed by atoms with Crippen molar-refractivity contribution in [1.82, 2.24) is 5.32 Å². The second kappa shape index (κ2) is 54.8. The number of quaternary nitrogens is 1. The molecular weight excluding hydrogens is 940 g/mol. The van der Waals surface area contributed by atoms with E-state index in [-0.39, 0.29) is 25.1 Å². The van der Waals surface area contributed by atoms with Crippen LogP contribution in [0.5, 0.6) is 0 Å². The van der Waals surface area contributed by atoms with Gasteiger partial charge in [0.15, 0.2) is 0 Å². The van der Waals surface area contributed by atoms with Gasteiger partial charge in [-0.3, -0.25) is 18.6 Å². The van der Waals surface area contributed by atoms with Gasteiger partial charge in [-0.25, -0.2) is 4.57 Å². The first-order chi connectivity index (χ1) is 35.9. The minimum atomic E-state index is -4.44. The number of hydrogen-bond acceptors (Lipinski definition) is 6. The lowest BCUT2D eigenvalue weighted by molar-refractivity contribution is -0.870. The number of nitrogens with one attached hydrogen (secondary N) is 1. The fourth-order valence-electron chi connectivity index (χ4n) is 9.64. The Morgan fingerprint density at radius 1 is 0.459 bits per heavy atom. The first kappa shape index (κ1) is 72.5. The number of rotatable bonds is 59. The lowest BCUT2D eigenvalue weighted by Gasteiger charge is -2.27. The average Bonchev–Trinajstić information content (AvgIpc) is 3.36. The number of phosphoric acid groups is 1. The molecule has 0 heterocycles. The molecule has 74 heavy (non-hydrogen) atoms. The van der Waals surface area contributed by atoms with Crippen LogP contribution in [0.3, 0.4) is 0 Å². The summed E-state index contributed by atoms with van der Waals surface area (Å²) in [6, 6.07) is -0.850. The third-order valence-electron chi connectivity index (χ3n) is 14.6. The van der Waals surface area contributed by atoms with Gasteiger partial charge in [-0.1, -0.05) is 277 Å². The van der Waals surface area contributed by atoms with Crippen molar-refractivity contribution in [1.29, 1.82) is 0 Å². The van der Waals surface area contributed by atoms with Crippen molar-refractivity contribution in [3.05, 3.63) is 24.3 Å². The molecule has 0 aromatic rings. The van der Waals surface area contributed by atoms with Gasteiger partial charge >= 0.3 is 13.8 Å². The first-order valence-electron chi connectivity index (χ1n) is 32.2. The van der Waals surface area contributed by atoms with E-state index in [0.29, 0.717) is 23.9 Å². The Bertz CT molecular complexity index is 1320. The molecular formula is C64H126N2O7P+. The summed E-state index contributed by atoms with van der Waals surface area (Å²) in [5, 5.41) is 3.05. The van der Waals surface area contributed by atoms with Gasteiger partial charge in [-0.15, -0.1) is 0 Å². The number of allylic oxidation sites excluding steroid dienone is 3. The molecule has 0 aromatic heterocycles. The quantitative estimate of drug-likeness (QED) is 0.0205. The van der Waals surface area contributed by atoms with E-state index >= 15 is 0 Å². The van der Waals surface area contributed by atoms with Crippen molar-refractivity contribution in [2.24, 2.45) is 0 Å². The number of carbonyl (C=O) groups is 2. The molecule has 1 amide bonds. The topological polar surface area (TPSA) is 111 Å². The summed E-state index contributed by atoms with van der Waals surface area (Å²) in [5.41, 5.74) is 0. The summed E-state index contributed by atoms with van der Waals surface area (Å²) in [6.45, 7) is 7.03. The lowest BCUT2D eigenvalue weighted by atomic mass is 10.0. The van der Waals surface area contributed by atoms with Crippen LogP contribution in [0.15, 0.2) is 24.3 Å². The number of hydrogen-bond donors (Lipinski definition) is 2. The Balaban J connectivity index is 5.10. The summed E-state index contributed by atoms with van der Waals surface area (Å²) in [5.74, 6) is -0.507. The molecule has 0 saturated heterocycles. The highest BCUT2D eigenvalue weighted by molar-refractivity contribution is 7.47. The van der Waals surface area contributed by atoms with Gasteiger partial charge in [0.05, 0.1) is 33.8 Å². The van der Waals surface area contributed by atoms with E-state index < -0.39 is 20.0 Å². The van der Waals surface area contributed by atoms with Crippen LogP contribution in [0.25, 0.3) is 0 Å². The number of phosphoric ester groups is 1. The maximum atomic E-state index is 13.5. The van der Waals surface area contributed by atoms with Crippen molar-refractivity contribution in [3.8, 4) is 0 Å². The first-order valence-corrected chi connectivity index (χ1v) is 33.7. The SMILES string of the molecule is CCCCCCCC/C=C\CCCCCC(=O)NC(COP(=O)(O)OCC[N+](C)(C)C)C(/C=C\CCCCCCCCCCCC)OC(=O)CCCCCCCCCCCCCCCCCCCCCCCCC. The predicted molar refractivity (Wildman–Crippen MR) is 319 cm³/mol. The molecule has 9 nitrogen and oxygen atoms in total. The van der Waals surface area contributed by atoms with Crippen LogP contribution in [0.1, 0.15) is 323 Å². The molecule has 0 spiro atoms. The lowest BCUT2D eigenvalue weighted by Crippen LogP contribution is -2.47. The van der Waals surface area contributed by atoms with Crippen molar-refractivity contribution >= 4 is 19.7 Å². The second-order valence-corrected chi connectivity index (χ2v) is 24.7. The van der Waals surface area contributed by atoms with Crippen LogP contribution in [0.2, 0.25) is 0 Å². The zero-order valence-electron chi connectivity index (χ0n) is 50.1. The monoisotopic (exact) mass is 1070 g/mol. The second-order valence-electron chi connectivity index (χ2n) is 23.3. The third kappa shape index (κ3) is 55.3. The summed E-state index contributed by atoms with van der Waals surface area (Å²) >= 11 is 0. The van der Waals surface area contributed by atoms with Crippen molar-refractivity contribution in [2.45, 2.75) is 335 Å². The highest BCUT2D eigenvalue weighted by Gasteiger charge is 2.30. The van der Waals surface area contributed by atoms with Gasteiger partial charge in [0.1, 0.15) is 19.3 Å². The Labute approximate surface area is 460 Å². The number of esters is 1. The molecule has 0 saturated carbocycles. The molecule has 0 fully saturated rings. The van der Waals surface area contributed by atoms with E-state index in [1.807, 2.05) is 33.3 Å². The number of likely N-dealkylation sites (N-methyl/N-ethyl adjacent to an activating group) is 1. The van der Waals surface area contributed by atoms with Crippen LogP contribution in [-0.2, 0) is 27.9 Å². The van der Waals surface area contributed by atoms with Gasteiger partial charge in [0, 0.05) is 12.8 Å². The average molecular weight is 1070 g/mol. The number of carbonyl (C=O) groups excluding carboxylic acids is 2. The van der Waals surface area contributed by atoms with Gasteiger partial charge in [-0.05, 0) is 57.4 Å². The van der Waals surface area contributed by atoms with Crippen LogP contribution in [0.4, 0.5) is 0 Å². The van der Waals surface area contributed by atoms with Crippen LogP contribution >= 0.6 is 7.82 Å². The predicted octanol–water partition coefficient (Wildman–Crippen LogP) is 19.7. The van der Waals surface area contributed by atoms with E-state index in [4.69, 9.17) is 13.8 Å². The molecule has 0 aliphatic rings. The highest BCUT2D eigenvalue weighted by atomic mass is 31.2. The fourth-order valence-corrected chi connectivity index (χ4v) is 10.4. The van der Waals surface area contributed by atoms with E-state index in [2.05, 4.69) is 38.2 Å². The Morgan fingerprint density at radius 2 is 0.784 bits per heavy atom. The Hall–Kier alpha value is -1.51.